The van der Waals surface area contributed by atoms with Crippen molar-refractivity contribution < 1.29 is 18.7 Å². The number of nitrogens with one attached hydrogen (secondary N) is 2. The summed E-state index contributed by atoms with van der Waals surface area (Å²) in [5.41, 5.74) is 2.15. The summed E-state index contributed by atoms with van der Waals surface area (Å²) in [5, 5.41) is 16.3. The summed E-state index contributed by atoms with van der Waals surface area (Å²) in [6.45, 7) is 2.89. The fraction of sp³-hybridized carbons (Fsp3) is 0.250. The van der Waals surface area contributed by atoms with Crippen molar-refractivity contribution in [1.82, 2.24) is 15.2 Å². The Bertz CT molecular complexity index is 1270. The minimum absolute atomic E-state index is 0.0562. The molecule has 3 N–H and O–H groups in total. The van der Waals surface area contributed by atoms with E-state index in [1.54, 1.807) is 29.8 Å². The molecule has 3 heterocycles. The maximum absolute atomic E-state index is 12.9. The summed E-state index contributed by atoms with van der Waals surface area (Å²) in [4.78, 5) is 25.6. The van der Waals surface area contributed by atoms with Gasteiger partial charge in [0.05, 0.1) is 18.2 Å². The smallest absolute Gasteiger partial charge is 0.257 e. The summed E-state index contributed by atoms with van der Waals surface area (Å²) < 4.78 is 12.6. The average Bonchev–Trinajstić information content (AvgIpc) is 3.46. The quantitative estimate of drug-likeness (QED) is 0.393. The lowest BCUT2D eigenvalue weighted by Crippen LogP contribution is -2.29. The number of aliphatic hydroxyl groups excluding tert-OH is 1. The fourth-order valence-corrected chi connectivity index (χ4v) is 3.46. The van der Waals surface area contributed by atoms with Gasteiger partial charge in [0.25, 0.3) is 5.91 Å². The van der Waals surface area contributed by atoms with Crippen LogP contribution in [0.4, 0.5) is 0 Å². The third-order valence-corrected chi connectivity index (χ3v) is 5.22. The van der Waals surface area contributed by atoms with Gasteiger partial charge in [-0.1, -0.05) is 29.8 Å². The van der Waals surface area contributed by atoms with Gasteiger partial charge in [-0.25, -0.2) is 0 Å². The first-order valence-electron chi connectivity index (χ1n) is 10.3. The average molecular weight is 435 g/mol. The van der Waals surface area contributed by atoms with Crippen LogP contribution in [0.3, 0.4) is 0 Å². The molecule has 1 aromatic carbocycles. The molecule has 0 aliphatic rings. The zero-order chi connectivity index (χ0) is 22.7. The lowest BCUT2D eigenvalue weighted by atomic mass is 10.1. The molecule has 0 aliphatic heterocycles. The monoisotopic (exact) mass is 435 g/mol. The van der Waals surface area contributed by atoms with Gasteiger partial charge in [0.2, 0.25) is 11.1 Å². The molecule has 1 unspecified atom stereocenters. The number of carbonyl (C=O) groups is 1. The number of pyridine rings is 1. The van der Waals surface area contributed by atoms with Gasteiger partial charge in [0.15, 0.2) is 0 Å². The molecule has 0 fully saturated rings. The zero-order valence-corrected chi connectivity index (χ0v) is 17.9. The van der Waals surface area contributed by atoms with E-state index in [1.807, 2.05) is 31.2 Å². The maximum atomic E-state index is 12.9. The molecule has 4 rings (SSSR count). The molecule has 166 valence electrons. The largest absolute Gasteiger partial charge is 0.467 e. The SMILES string of the molecule is Cc1ccc(CNC(=O)c2cn(C)c3oc(CNCC(O)c4ccco4)cc3c2=O)cc1. The summed E-state index contributed by atoms with van der Waals surface area (Å²) >= 11 is 0. The standard InChI is InChI=1S/C24H25N3O5/c1-15-5-7-16(8-6-15)11-26-23(30)19-14-27(2)24-18(22(19)29)10-17(32-24)12-25-13-20(28)21-4-3-9-31-21/h3-10,14,20,25,28H,11-13H2,1-2H3,(H,26,30). The van der Waals surface area contributed by atoms with Crippen molar-refractivity contribution in [2.45, 2.75) is 26.1 Å². The Labute approximate surface area is 184 Å². The van der Waals surface area contributed by atoms with Crippen LogP contribution in [0.1, 0.15) is 39.1 Å². The summed E-state index contributed by atoms with van der Waals surface area (Å²) in [6, 6.07) is 12.9. The number of benzene rings is 1. The highest BCUT2D eigenvalue weighted by Crippen LogP contribution is 2.17. The molecular weight excluding hydrogens is 410 g/mol. The van der Waals surface area contributed by atoms with E-state index < -0.39 is 12.0 Å². The van der Waals surface area contributed by atoms with E-state index in [-0.39, 0.29) is 17.5 Å². The summed E-state index contributed by atoms with van der Waals surface area (Å²) in [7, 11) is 1.72. The van der Waals surface area contributed by atoms with Gasteiger partial charge in [-0.15, -0.1) is 0 Å². The number of amides is 1. The Kier molecular flexibility index (Phi) is 6.25. The number of aryl methyl sites for hydroxylation is 2. The molecule has 0 radical (unpaired) electrons. The number of carbonyl (C=O) groups excluding carboxylic acids is 1. The third kappa shape index (κ3) is 4.66. The number of fused-ring (bicyclic) bond motifs is 1. The van der Waals surface area contributed by atoms with Crippen LogP contribution in [0.15, 0.2) is 68.6 Å². The predicted molar refractivity (Wildman–Crippen MR) is 119 cm³/mol. The minimum Gasteiger partial charge on any atom is -0.467 e. The van der Waals surface area contributed by atoms with E-state index in [0.29, 0.717) is 35.7 Å². The number of aromatic nitrogens is 1. The van der Waals surface area contributed by atoms with Crippen LogP contribution in [0.5, 0.6) is 0 Å². The van der Waals surface area contributed by atoms with Gasteiger partial charge in [0, 0.05) is 26.3 Å². The Morgan fingerprint density at radius 1 is 1.19 bits per heavy atom. The molecule has 0 saturated heterocycles. The predicted octanol–water partition coefficient (Wildman–Crippen LogP) is 2.79. The number of nitrogens with zero attached hydrogens (tertiary/aromatic N) is 1. The van der Waals surface area contributed by atoms with Crippen molar-refractivity contribution in [2.75, 3.05) is 6.54 Å². The van der Waals surface area contributed by atoms with E-state index in [4.69, 9.17) is 8.83 Å². The van der Waals surface area contributed by atoms with E-state index in [1.165, 1.54) is 12.5 Å². The Morgan fingerprint density at radius 2 is 1.97 bits per heavy atom. The van der Waals surface area contributed by atoms with Crippen LogP contribution in [0.25, 0.3) is 11.1 Å². The van der Waals surface area contributed by atoms with Crippen LogP contribution in [0, 0.1) is 6.92 Å². The number of hydrogen-bond donors (Lipinski definition) is 3. The van der Waals surface area contributed by atoms with Crippen LogP contribution >= 0.6 is 0 Å². The summed E-state index contributed by atoms with van der Waals surface area (Å²) in [5.74, 6) is 0.559. The molecule has 0 aliphatic carbocycles. The number of rotatable bonds is 8. The topological polar surface area (TPSA) is 110 Å². The lowest BCUT2D eigenvalue weighted by molar-refractivity contribution is 0.0949. The van der Waals surface area contributed by atoms with Crippen LogP contribution in [-0.4, -0.2) is 22.1 Å². The van der Waals surface area contributed by atoms with Crippen molar-refractivity contribution in [3.05, 3.63) is 93.4 Å². The van der Waals surface area contributed by atoms with Crippen molar-refractivity contribution in [3.8, 4) is 0 Å². The molecule has 8 heteroatoms. The van der Waals surface area contributed by atoms with E-state index in [2.05, 4.69) is 10.6 Å². The highest BCUT2D eigenvalue weighted by atomic mass is 16.4. The summed E-state index contributed by atoms with van der Waals surface area (Å²) in [6.07, 6.45) is 2.20. The second-order valence-electron chi connectivity index (χ2n) is 7.74. The van der Waals surface area contributed by atoms with Crippen molar-refractivity contribution in [3.63, 3.8) is 0 Å². The maximum Gasteiger partial charge on any atom is 0.257 e. The van der Waals surface area contributed by atoms with E-state index in [0.717, 1.165) is 11.1 Å². The zero-order valence-electron chi connectivity index (χ0n) is 17.9. The van der Waals surface area contributed by atoms with Crippen molar-refractivity contribution in [1.29, 1.82) is 0 Å². The van der Waals surface area contributed by atoms with Gasteiger partial charge in [-0.3, -0.25) is 9.59 Å². The molecule has 32 heavy (non-hydrogen) atoms. The van der Waals surface area contributed by atoms with Gasteiger partial charge < -0.3 is 29.1 Å². The van der Waals surface area contributed by atoms with Gasteiger partial charge in [0.1, 0.15) is 23.2 Å². The first-order valence-corrected chi connectivity index (χ1v) is 10.3. The Balaban J connectivity index is 1.45. The van der Waals surface area contributed by atoms with Crippen LogP contribution in [0.2, 0.25) is 0 Å². The minimum atomic E-state index is -0.788. The molecule has 1 amide bonds. The van der Waals surface area contributed by atoms with Gasteiger partial charge >= 0.3 is 0 Å². The second kappa shape index (κ2) is 9.25. The second-order valence-corrected chi connectivity index (χ2v) is 7.74. The van der Waals surface area contributed by atoms with Crippen molar-refractivity contribution >= 4 is 17.0 Å². The molecule has 0 bridgehead atoms. The fourth-order valence-electron chi connectivity index (χ4n) is 3.46. The molecule has 0 spiro atoms. The lowest BCUT2D eigenvalue weighted by Gasteiger charge is -2.08. The molecule has 1 atom stereocenters. The van der Waals surface area contributed by atoms with Crippen LogP contribution in [-0.2, 0) is 20.1 Å². The van der Waals surface area contributed by atoms with E-state index in [9.17, 15) is 14.7 Å². The number of furan rings is 2. The molecule has 4 aromatic rings. The first-order chi connectivity index (χ1) is 15.4. The first kappa shape index (κ1) is 21.6. The highest BCUT2D eigenvalue weighted by molar-refractivity contribution is 5.96. The number of aliphatic hydroxyl groups is 1. The third-order valence-electron chi connectivity index (χ3n) is 5.22. The van der Waals surface area contributed by atoms with Gasteiger partial charge in [-0.2, -0.15) is 0 Å². The molecule has 0 saturated carbocycles. The normalized spacial score (nSPS) is 12.2. The molecule has 3 aromatic heterocycles. The van der Waals surface area contributed by atoms with Gasteiger partial charge in [-0.05, 0) is 30.7 Å². The van der Waals surface area contributed by atoms with Crippen LogP contribution < -0.4 is 16.1 Å². The van der Waals surface area contributed by atoms with E-state index >= 15 is 0 Å². The Morgan fingerprint density at radius 3 is 2.69 bits per heavy atom. The molecular formula is C24H25N3O5. The Hall–Kier alpha value is -3.62. The van der Waals surface area contributed by atoms with Crippen molar-refractivity contribution in [2.24, 2.45) is 7.05 Å². The highest BCUT2D eigenvalue weighted by Gasteiger charge is 2.18. The number of hydrogen-bond acceptors (Lipinski definition) is 6. The molecule has 8 nitrogen and oxygen atoms in total.